The van der Waals surface area contributed by atoms with E-state index < -0.39 is 0 Å². The van der Waals surface area contributed by atoms with Crippen molar-refractivity contribution in [3.8, 4) is 0 Å². The molecule has 2 rings (SSSR count). The molecule has 0 saturated heterocycles. The maximum absolute atomic E-state index is 12.1. The van der Waals surface area contributed by atoms with Gasteiger partial charge in [-0.3, -0.25) is 9.78 Å². The Labute approximate surface area is 121 Å². The van der Waals surface area contributed by atoms with E-state index in [1.165, 1.54) is 6.20 Å². The number of carbonyl (C=O) groups is 1. The zero-order valence-corrected chi connectivity index (χ0v) is 11.8. The van der Waals surface area contributed by atoms with Crippen LogP contribution in [0.2, 0.25) is 0 Å². The second-order valence-corrected chi connectivity index (χ2v) is 4.64. The highest BCUT2D eigenvalue weighted by atomic mass is 32.1. The first-order valence-electron chi connectivity index (χ1n) is 6.17. The fraction of sp³-hybridized carbons (Fsp3) is 0.231. The van der Waals surface area contributed by atoms with Crippen LogP contribution in [0.5, 0.6) is 0 Å². The summed E-state index contributed by atoms with van der Waals surface area (Å²) in [4.78, 5) is 23.6. The summed E-state index contributed by atoms with van der Waals surface area (Å²) in [6.45, 7) is 1.97. The van der Waals surface area contributed by atoms with E-state index in [2.05, 4.69) is 20.3 Å². The quantitative estimate of drug-likeness (QED) is 0.721. The number of amides is 1. The monoisotopic (exact) mass is 289 g/mol. The number of pyridine rings is 1. The largest absolute Gasteiger partial charge is 0.389 e. The molecule has 104 valence electrons. The number of H-pyrrole nitrogens is 1. The van der Waals surface area contributed by atoms with E-state index in [1.807, 2.05) is 6.92 Å². The molecule has 0 aliphatic heterocycles. The highest BCUT2D eigenvalue weighted by Gasteiger charge is 2.16. The fourth-order valence-corrected chi connectivity index (χ4v) is 1.86. The van der Waals surface area contributed by atoms with E-state index in [-0.39, 0.29) is 16.9 Å². The Hall–Kier alpha value is -2.28. The van der Waals surface area contributed by atoms with Gasteiger partial charge >= 0.3 is 0 Å². The number of aromatic nitrogens is 3. The van der Waals surface area contributed by atoms with Gasteiger partial charge in [0.1, 0.15) is 16.5 Å². The van der Waals surface area contributed by atoms with E-state index in [0.717, 1.165) is 12.2 Å². The lowest BCUT2D eigenvalue weighted by atomic mass is 10.2. The van der Waals surface area contributed by atoms with Crippen LogP contribution in [0.1, 0.15) is 41.3 Å². The van der Waals surface area contributed by atoms with E-state index >= 15 is 0 Å². The molecule has 0 aliphatic rings. The van der Waals surface area contributed by atoms with Crippen molar-refractivity contribution in [3.05, 3.63) is 47.8 Å². The Morgan fingerprint density at radius 2 is 2.30 bits per heavy atom. The van der Waals surface area contributed by atoms with Crippen LogP contribution >= 0.6 is 12.2 Å². The summed E-state index contributed by atoms with van der Waals surface area (Å²) in [5, 5.41) is 2.87. The SMILES string of the molecule is CCC(NC(=O)c1ccc(C(N)=S)cn1)c1ncc[nH]1. The van der Waals surface area contributed by atoms with Crippen LogP contribution in [-0.4, -0.2) is 25.8 Å². The number of nitrogens with one attached hydrogen (secondary N) is 2. The zero-order chi connectivity index (χ0) is 14.5. The Morgan fingerprint density at radius 3 is 2.80 bits per heavy atom. The lowest BCUT2D eigenvalue weighted by Gasteiger charge is -2.14. The lowest BCUT2D eigenvalue weighted by molar-refractivity contribution is 0.0929. The molecule has 2 aromatic rings. The van der Waals surface area contributed by atoms with Crippen LogP contribution in [0.4, 0.5) is 0 Å². The van der Waals surface area contributed by atoms with Gasteiger partial charge in [0.25, 0.3) is 5.91 Å². The van der Waals surface area contributed by atoms with Crippen molar-refractivity contribution in [2.45, 2.75) is 19.4 Å². The summed E-state index contributed by atoms with van der Waals surface area (Å²) < 4.78 is 0. The number of rotatable bonds is 5. The van der Waals surface area contributed by atoms with Crippen LogP contribution in [-0.2, 0) is 0 Å². The number of nitrogens with zero attached hydrogens (tertiary/aromatic N) is 2. The number of nitrogens with two attached hydrogens (primary N) is 1. The molecule has 4 N–H and O–H groups in total. The molecule has 7 heteroatoms. The average Bonchev–Trinajstić information content (AvgIpc) is 2.98. The van der Waals surface area contributed by atoms with Gasteiger partial charge in [-0.05, 0) is 18.6 Å². The van der Waals surface area contributed by atoms with Gasteiger partial charge in [-0.25, -0.2) is 4.98 Å². The van der Waals surface area contributed by atoms with Crippen LogP contribution in [0.15, 0.2) is 30.7 Å². The molecule has 20 heavy (non-hydrogen) atoms. The molecule has 0 aromatic carbocycles. The van der Waals surface area contributed by atoms with Crippen molar-refractivity contribution in [2.75, 3.05) is 0 Å². The van der Waals surface area contributed by atoms with E-state index in [9.17, 15) is 4.79 Å². The molecule has 0 aliphatic carbocycles. The molecule has 1 amide bonds. The van der Waals surface area contributed by atoms with Crippen molar-refractivity contribution in [3.63, 3.8) is 0 Å². The molecule has 1 atom stereocenters. The van der Waals surface area contributed by atoms with Crippen LogP contribution in [0.3, 0.4) is 0 Å². The molecular formula is C13H15N5OS. The van der Waals surface area contributed by atoms with Gasteiger partial charge < -0.3 is 16.0 Å². The molecule has 0 saturated carbocycles. The lowest BCUT2D eigenvalue weighted by Crippen LogP contribution is -2.29. The summed E-state index contributed by atoms with van der Waals surface area (Å²) in [5.41, 5.74) is 6.43. The first-order chi connectivity index (χ1) is 9.61. The molecule has 0 spiro atoms. The molecule has 2 heterocycles. The molecule has 0 radical (unpaired) electrons. The van der Waals surface area contributed by atoms with Gasteiger partial charge in [0.15, 0.2) is 0 Å². The number of imidazole rings is 1. The van der Waals surface area contributed by atoms with E-state index in [0.29, 0.717) is 11.3 Å². The first-order valence-corrected chi connectivity index (χ1v) is 6.58. The predicted molar refractivity (Wildman–Crippen MR) is 79.2 cm³/mol. The minimum atomic E-state index is -0.261. The number of aromatic amines is 1. The summed E-state index contributed by atoms with van der Waals surface area (Å²) >= 11 is 4.84. The number of hydrogen-bond acceptors (Lipinski definition) is 4. The standard InChI is InChI=1S/C13H15N5OS/c1-2-9(12-15-5-6-16-12)18-13(19)10-4-3-8(7-17-10)11(14)20/h3-7,9H,2H2,1H3,(H2,14,20)(H,15,16)(H,18,19). The summed E-state index contributed by atoms with van der Waals surface area (Å²) in [6.07, 6.45) is 5.59. The highest BCUT2D eigenvalue weighted by Crippen LogP contribution is 2.12. The Balaban J connectivity index is 2.09. The van der Waals surface area contributed by atoms with Crippen LogP contribution < -0.4 is 11.1 Å². The molecular weight excluding hydrogens is 274 g/mol. The zero-order valence-electron chi connectivity index (χ0n) is 11.0. The molecule has 6 nitrogen and oxygen atoms in total. The van der Waals surface area contributed by atoms with Crippen molar-refractivity contribution in [2.24, 2.45) is 5.73 Å². The third kappa shape index (κ3) is 3.18. The van der Waals surface area contributed by atoms with Crippen LogP contribution in [0.25, 0.3) is 0 Å². The average molecular weight is 289 g/mol. The summed E-state index contributed by atoms with van der Waals surface area (Å²) in [5.74, 6) is 0.461. The fourth-order valence-electron chi connectivity index (χ4n) is 1.74. The molecule has 0 bridgehead atoms. The van der Waals surface area contributed by atoms with Gasteiger partial charge in [0.05, 0.1) is 6.04 Å². The van der Waals surface area contributed by atoms with Gasteiger partial charge in [-0.1, -0.05) is 19.1 Å². The Bertz CT molecular complexity index is 594. The Morgan fingerprint density at radius 1 is 1.50 bits per heavy atom. The van der Waals surface area contributed by atoms with E-state index in [1.54, 1.807) is 24.5 Å². The minimum absolute atomic E-state index is 0.172. The second-order valence-electron chi connectivity index (χ2n) is 4.21. The van der Waals surface area contributed by atoms with Gasteiger partial charge in [-0.15, -0.1) is 0 Å². The van der Waals surface area contributed by atoms with Crippen LogP contribution in [0, 0.1) is 0 Å². The summed E-state index contributed by atoms with van der Waals surface area (Å²) in [7, 11) is 0. The van der Waals surface area contributed by atoms with Gasteiger partial charge in [0, 0.05) is 24.2 Å². The number of thiocarbonyl (C=S) groups is 1. The third-order valence-electron chi connectivity index (χ3n) is 2.84. The minimum Gasteiger partial charge on any atom is -0.389 e. The summed E-state index contributed by atoms with van der Waals surface area (Å²) in [6, 6.07) is 3.10. The van der Waals surface area contributed by atoms with Crippen molar-refractivity contribution in [1.29, 1.82) is 0 Å². The van der Waals surface area contributed by atoms with Gasteiger partial charge in [0.2, 0.25) is 0 Å². The Kier molecular flexibility index (Phi) is 4.41. The molecule has 2 aromatic heterocycles. The topological polar surface area (TPSA) is 96.7 Å². The highest BCUT2D eigenvalue weighted by molar-refractivity contribution is 7.80. The smallest absolute Gasteiger partial charge is 0.270 e. The normalized spacial score (nSPS) is 11.8. The third-order valence-corrected chi connectivity index (χ3v) is 3.08. The maximum Gasteiger partial charge on any atom is 0.270 e. The van der Waals surface area contributed by atoms with Crippen molar-refractivity contribution >= 4 is 23.1 Å². The predicted octanol–water partition coefficient (Wildman–Crippen LogP) is 1.32. The van der Waals surface area contributed by atoms with E-state index in [4.69, 9.17) is 18.0 Å². The number of carbonyl (C=O) groups excluding carboxylic acids is 1. The van der Waals surface area contributed by atoms with Crippen molar-refractivity contribution in [1.82, 2.24) is 20.3 Å². The van der Waals surface area contributed by atoms with Crippen molar-refractivity contribution < 1.29 is 4.79 Å². The molecule has 0 fully saturated rings. The second kappa shape index (κ2) is 6.25. The molecule has 1 unspecified atom stereocenters. The first kappa shape index (κ1) is 14.1. The van der Waals surface area contributed by atoms with Gasteiger partial charge in [-0.2, -0.15) is 0 Å². The number of hydrogen-bond donors (Lipinski definition) is 3. The maximum atomic E-state index is 12.1.